The van der Waals surface area contributed by atoms with Gasteiger partial charge in [-0.25, -0.2) is 4.79 Å². The summed E-state index contributed by atoms with van der Waals surface area (Å²) in [6, 6.07) is 19.4. The van der Waals surface area contributed by atoms with E-state index in [1.54, 1.807) is 49.5 Å². The van der Waals surface area contributed by atoms with E-state index in [1.165, 1.54) is 7.11 Å². The number of methoxy groups -OCH3 is 1. The second-order valence-corrected chi connectivity index (χ2v) is 8.48. The summed E-state index contributed by atoms with van der Waals surface area (Å²) in [7, 11) is 3.06. The molecule has 0 radical (unpaired) electrons. The van der Waals surface area contributed by atoms with Crippen molar-refractivity contribution in [2.24, 2.45) is 0 Å². The van der Waals surface area contributed by atoms with Crippen LogP contribution < -0.4 is 25.4 Å². The number of hydrogen-bond acceptors (Lipinski definition) is 4. The molecule has 0 aliphatic heterocycles. The maximum atomic E-state index is 12.4. The zero-order valence-electron chi connectivity index (χ0n) is 19.5. The molecule has 3 aromatic carbocycles. The third kappa shape index (κ3) is 6.26. The van der Waals surface area contributed by atoms with Gasteiger partial charge < -0.3 is 25.4 Å². The minimum atomic E-state index is -0.333. The van der Waals surface area contributed by atoms with E-state index in [0.29, 0.717) is 28.5 Å². The fraction of sp³-hybridized carbons (Fsp3) is 0.231. The summed E-state index contributed by atoms with van der Waals surface area (Å²) < 4.78 is 11.1. The molecule has 3 amide bonds. The molecule has 0 bridgehead atoms. The number of ether oxygens (including phenoxy) is 2. The Bertz CT molecular complexity index is 1140. The van der Waals surface area contributed by atoms with Crippen LogP contribution in [-0.4, -0.2) is 26.1 Å². The molecule has 7 heteroatoms. The molecule has 0 saturated heterocycles. The monoisotopic (exact) mass is 447 g/mol. The lowest BCUT2D eigenvalue weighted by Gasteiger charge is -2.20. The third-order valence-electron chi connectivity index (χ3n) is 4.98. The summed E-state index contributed by atoms with van der Waals surface area (Å²) in [4.78, 5) is 24.5. The SMILES string of the molecule is CNC(=O)c1cc(Oc2ccc(NC(=O)Nc3cccc(C(C)(C)C)c3)cc2)ccc1OC. The number of urea groups is 1. The molecule has 3 aromatic rings. The van der Waals surface area contributed by atoms with E-state index < -0.39 is 0 Å². The number of hydrogen-bond donors (Lipinski definition) is 3. The van der Waals surface area contributed by atoms with Crippen molar-refractivity contribution in [3.05, 3.63) is 77.9 Å². The molecule has 172 valence electrons. The van der Waals surface area contributed by atoms with Gasteiger partial charge in [-0.1, -0.05) is 32.9 Å². The molecule has 3 N–H and O–H groups in total. The lowest BCUT2D eigenvalue weighted by molar-refractivity contribution is 0.0959. The Labute approximate surface area is 194 Å². The van der Waals surface area contributed by atoms with Gasteiger partial charge in [-0.2, -0.15) is 0 Å². The quantitative estimate of drug-likeness (QED) is 0.446. The Balaban J connectivity index is 1.64. The summed E-state index contributed by atoms with van der Waals surface area (Å²) in [6.45, 7) is 6.38. The first kappa shape index (κ1) is 23.7. The molecule has 0 unspecified atom stereocenters. The van der Waals surface area contributed by atoms with Gasteiger partial charge in [-0.3, -0.25) is 4.79 Å². The van der Waals surface area contributed by atoms with Gasteiger partial charge in [-0.15, -0.1) is 0 Å². The van der Waals surface area contributed by atoms with Gasteiger partial charge >= 0.3 is 6.03 Å². The van der Waals surface area contributed by atoms with E-state index in [0.717, 1.165) is 11.3 Å². The fourth-order valence-corrected chi connectivity index (χ4v) is 3.16. The van der Waals surface area contributed by atoms with Gasteiger partial charge in [0.25, 0.3) is 5.91 Å². The Morgan fingerprint density at radius 1 is 0.818 bits per heavy atom. The highest BCUT2D eigenvalue weighted by Gasteiger charge is 2.15. The molecular formula is C26H29N3O4. The van der Waals surface area contributed by atoms with Crippen molar-refractivity contribution in [3.8, 4) is 17.2 Å². The number of carbonyl (C=O) groups excluding carboxylic acids is 2. The van der Waals surface area contributed by atoms with Crippen LogP contribution in [-0.2, 0) is 5.41 Å². The van der Waals surface area contributed by atoms with Crippen LogP contribution in [0.2, 0.25) is 0 Å². The highest BCUT2D eigenvalue weighted by Crippen LogP contribution is 2.29. The van der Waals surface area contributed by atoms with E-state index in [2.05, 4.69) is 36.7 Å². The van der Waals surface area contributed by atoms with Crippen molar-refractivity contribution in [2.45, 2.75) is 26.2 Å². The second kappa shape index (κ2) is 10.1. The van der Waals surface area contributed by atoms with Crippen LogP contribution in [0.3, 0.4) is 0 Å². The Hall–Kier alpha value is -4.00. The van der Waals surface area contributed by atoms with Gasteiger partial charge in [0, 0.05) is 18.4 Å². The van der Waals surface area contributed by atoms with Gasteiger partial charge in [0.05, 0.1) is 12.7 Å². The molecule has 0 heterocycles. The smallest absolute Gasteiger partial charge is 0.323 e. The summed E-state index contributed by atoms with van der Waals surface area (Å²) in [6.07, 6.45) is 0. The zero-order valence-corrected chi connectivity index (χ0v) is 19.5. The Morgan fingerprint density at radius 3 is 2.12 bits per heavy atom. The molecule has 0 saturated carbocycles. The van der Waals surface area contributed by atoms with Crippen molar-refractivity contribution >= 4 is 23.3 Å². The third-order valence-corrected chi connectivity index (χ3v) is 4.98. The first-order chi connectivity index (χ1) is 15.7. The average molecular weight is 448 g/mol. The van der Waals surface area contributed by atoms with E-state index in [9.17, 15) is 9.59 Å². The molecule has 0 aromatic heterocycles. The maximum absolute atomic E-state index is 12.4. The Kier molecular flexibility index (Phi) is 7.23. The van der Waals surface area contributed by atoms with E-state index in [4.69, 9.17) is 9.47 Å². The molecular weight excluding hydrogens is 418 g/mol. The lowest BCUT2D eigenvalue weighted by Crippen LogP contribution is -2.20. The van der Waals surface area contributed by atoms with Crippen LogP contribution >= 0.6 is 0 Å². The molecule has 7 nitrogen and oxygen atoms in total. The van der Waals surface area contributed by atoms with E-state index >= 15 is 0 Å². The standard InChI is InChI=1S/C26H29N3O4/c1-26(2,3)17-7-6-8-19(15-17)29-25(31)28-18-9-11-20(12-10-18)33-21-13-14-23(32-5)22(16-21)24(30)27-4/h6-16H,1-5H3,(H,27,30)(H2,28,29,31). The van der Waals surface area contributed by atoms with Crippen LogP contribution in [0.25, 0.3) is 0 Å². The van der Waals surface area contributed by atoms with Gasteiger partial charge in [0.2, 0.25) is 0 Å². The van der Waals surface area contributed by atoms with Crippen molar-refractivity contribution in [1.29, 1.82) is 0 Å². The van der Waals surface area contributed by atoms with Crippen LogP contribution in [0.1, 0.15) is 36.7 Å². The first-order valence-electron chi connectivity index (χ1n) is 10.6. The van der Waals surface area contributed by atoms with Crippen molar-refractivity contribution in [2.75, 3.05) is 24.8 Å². The minimum absolute atomic E-state index is 0.00497. The summed E-state index contributed by atoms with van der Waals surface area (Å²) in [5, 5.41) is 8.25. The summed E-state index contributed by atoms with van der Waals surface area (Å²) in [5.41, 5.74) is 2.86. The van der Waals surface area contributed by atoms with Crippen LogP contribution in [0, 0.1) is 0 Å². The van der Waals surface area contributed by atoms with Crippen molar-refractivity contribution in [3.63, 3.8) is 0 Å². The number of carbonyl (C=O) groups is 2. The minimum Gasteiger partial charge on any atom is -0.496 e. The van der Waals surface area contributed by atoms with Crippen molar-refractivity contribution < 1.29 is 19.1 Å². The van der Waals surface area contributed by atoms with Gasteiger partial charge in [0.1, 0.15) is 17.2 Å². The number of benzene rings is 3. The van der Waals surface area contributed by atoms with Crippen LogP contribution in [0.4, 0.5) is 16.2 Å². The van der Waals surface area contributed by atoms with Crippen LogP contribution in [0.5, 0.6) is 17.2 Å². The molecule has 0 fully saturated rings. The lowest BCUT2D eigenvalue weighted by atomic mass is 9.87. The first-order valence-corrected chi connectivity index (χ1v) is 10.6. The maximum Gasteiger partial charge on any atom is 0.323 e. The molecule has 0 aliphatic rings. The number of amides is 3. The average Bonchev–Trinajstić information content (AvgIpc) is 2.79. The predicted molar refractivity (Wildman–Crippen MR) is 131 cm³/mol. The van der Waals surface area contributed by atoms with E-state index in [1.807, 2.05) is 24.3 Å². The number of nitrogens with one attached hydrogen (secondary N) is 3. The fourth-order valence-electron chi connectivity index (χ4n) is 3.16. The number of rotatable bonds is 6. The molecule has 33 heavy (non-hydrogen) atoms. The molecule has 3 rings (SSSR count). The summed E-state index contributed by atoms with van der Waals surface area (Å²) in [5.74, 6) is 1.25. The van der Waals surface area contributed by atoms with E-state index in [-0.39, 0.29) is 17.4 Å². The van der Waals surface area contributed by atoms with Crippen LogP contribution in [0.15, 0.2) is 66.7 Å². The molecule has 0 atom stereocenters. The predicted octanol–water partition coefficient (Wildman–Crippen LogP) is 5.79. The molecule has 0 aliphatic carbocycles. The summed E-state index contributed by atoms with van der Waals surface area (Å²) >= 11 is 0. The van der Waals surface area contributed by atoms with Gasteiger partial charge in [0.15, 0.2) is 0 Å². The normalized spacial score (nSPS) is 10.8. The highest BCUT2D eigenvalue weighted by molar-refractivity contribution is 6.00. The largest absolute Gasteiger partial charge is 0.496 e. The topological polar surface area (TPSA) is 88.7 Å². The Morgan fingerprint density at radius 2 is 1.48 bits per heavy atom. The molecule has 0 spiro atoms. The van der Waals surface area contributed by atoms with Crippen molar-refractivity contribution in [1.82, 2.24) is 5.32 Å². The zero-order chi connectivity index (χ0) is 24.0. The second-order valence-electron chi connectivity index (χ2n) is 8.48. The van der Waals surface area contributed by atoms with Gasteiger partial charge in [-0.05, 0) is 65.6 Å². The highest BCUT2D eigenvalue weighted by atomic mass is 16.5. The number of anilines is 2.